The summed E-state index contributed by atoms with van der Waals surface area (Å²) in [6.07, 6.45) is 3.71. The molecule has 2 aromatic rings. The van der Waals surface area contributed by atoms with Gasteiger partial charge in [0.2, 0.25) is 11.4 Å². The van der Waals surface area contributed by atoms with Gasteiger partial charge in [-0.15, -0.1) is 0 Å². The molecule has 2 aliphatic rings. The maximum atomic E-state index is 13.4. The summed E-state index contributed by atoms with van der Waals surface area (Å²) >= 11 is 1.79. The van der Waals surface area contributed by atoms with Crippen LogP contribution >= 0.6 is 11.8 Å². The second-order valence-electron chi connectivity index (χ2n) is 7.58. The second kappa shape index (κ2) is 8.08. The number of carbonyl (C=O) groups excluding carboxylic acids is 2. The molecular weight excluding hydrogens is 386 g/mol. The number of quaternary nitrogens is 1. The number of rotatable bonds is 6. The van der Waals surface area contributed by atoms with Gasteiger partial charge in [0.1, 0.15) is 11.7 Å². The number of methoxy groups -OCH3 is 1. The van der Waals surface area contributed by atoms with Crippen molar-refractivity contribution < 1.29 is 19.6 Å². The summed E-state index contributed by atoms with van der Waals surface area (Å²) in [5, 5.41) is 8.14. The first-order valence-electron chi connectivity index (χ1n) is 9.79. The number of anilines is 2. The zero-order valence-corrected chi connectivity index (χ0v) is 17.4. The van der Waals surface area contributed by atoms with Crippen molar-refractivity contribution in [3.8, 4) is 5.75 Å². The van der Waals surface area contributed by atoms with Gasteiger partial charge < -0.3 is 20.7 Å². The second-order valence-corrected chi connectivity index (χ2v) is 8.57. The number of hydrogen-bond donors (Lipinski definition) is 3. The molecule has 6 nitrogen and oxygen atoms in total. The smallest absolute Gasteiger partial charge is 0.291 e. The van der Waals surface area contributed by atoms with Crippen LogP contribution in [0.5, 0.6) is 5.75 Å². The van der Waals surface area contributed by atoms with Crippen LogP contribution in [0.25, 0.3) is 0 Å². The van der Waals surface area contributed by atoms with Crippen molar-refractivity contribution in [2.45, 2.75) is 24.4 Å². The van der Waals surface area contributed by atoms with Crippen molar-refractivity contribution in [2.75, 3.05) is 29.8 Å². The lowest BCUT2D eigenvalue weighted by atomic mass is 9.79. The lowest BCUT2D eigenvalue weighted by Gasteiger charge is -2.25. The number of ether oxygens (including phenoxy) is 1. The normalized spacial score (nSPS) is 25.0. The predicted molar refractivity (Wildman–Crippen MR) is 115 cm³/mol. The van der Waals surface area contributed by atoms with Crippen LogP contribution in [0.1, 0.15) is 18.4 Å². The maximum absolute atomic E-state index is 13.4. The Balaban J connectivity index is 1.65. The van der Waals surface area contributed by atoms with Crippen LogP contribution in [0.15, 0.2) is 48.5 Å². The number of amides is 2. The number of fused-ring (bicyclic) bond motifs is 2. The fourth-order valence-corrected chi connectivity index (χ4v) is 5.08. The zero-order valence-electron chi connectivity index (χ0n) is 16.6. The number of carbonyl (C=O) groups is 2. The van der Waals surface area contributed by atoms with Gasteiger partial charge in [-0.25, -0.2) is 0 Å². The summed E-state index contributed by atoms with van der Waals surface area (Å²) in [4.78, 5) is 26.5. The number of para-hydroxylation sites is 1. The van der Waals surface area contributed by atoms with Crippen LogP contribution in [-0.4, -0.2) is 37.0 Å². The summed E-state index contributed by atoms with van der Waals surface area (Å²) in [6, 6.07) is 15.2. The Morgan fingerprint density at radius 3 is 2.76 bits per heavy atom. The first kappa shape index (κ1) is 19.8. The van der Waals surface area contributed by atoms with Crippen molar-refractivity contribution in [2.24, 2.45) is 5.92 Å². The van der Waals surface area contributed by atoms with E-state index >= 15 is 0 Å². The average molecular weight is 413 g/mol. The van der Waals surface area contributed by atoms with Gasteiger partial charge >= 0.3 is 0 Å². The third-order valence-electron chi connectivity index (χ3n) is 5.95. The van der Waals surface area contributed by atoms with Gasteiger partial charge in [0, 0.05) is 24.1 Å². The largest absolute Gasteiger partial charge is 0.497 e. The molecule has 1 saturated heterocycles. The van der Waals surface area contributed by atoms with Gasteiger partial charge in [-0.2, -0.15) is 11.8 Å². The highest BCUT2D eigenvalue weighted by atomic mass is 32.2. The van der Waals surface area contributed by atoms with Crippen LogP contribution in [-0.2, 0) is 15.1 Å². The van der Waals surface area contributed by atoms with Crippen molar-refractivity contribution in [1.82, 2.24) is 0 Å². The summed E-state index contributed by atoms with van der Waals surface area (Å²) < 4.78 is 5.18. The molecule has 4 rings (SSSR count). The summed E-state index contributed by atoms with van der Waals surface area (Å²) in [7, 11) is 1.61. The van der Waals surface area contributed by atoms with Gasteiger partial charge in [0.05, 0.1) is 18.8 Å². The van der Waals surface area contributed by atoms with Gasteiger partial charge in [0.25, 0.3) is 5.91 Å². The van der Waals surface area contributed by atoms with E-state index in [0.29, 0.717) is 12.1 Å². The molecule has 2 amide bonds. The summed E-state index contributed by atoms with van der Waals surface area (Å²) in [6.45, 7) is 0. The molecule has 1 fully saturated rings. The van der Waals surface area contributed by atoms with Crippen molar-refractivity contribution in [1.29, 1.82) is 0 Å². The molecule has 7 heteroatoms. The molecule has 1 spiro atoms. The molecule has 3 atom stereocenters. The van der Waals surface area contributed by atoms with E-state index in [1.807, 2.05) is 48.5 Å². The third-order valence-corrected chi connectivity index (χ3v) is 6.59. The standard InChI is InChI=1S/C22H25N3O3S/c1-28-16-9-7-14(8-10-16)23-20(26)18-13-15(11-12-29-2)25-22(18)17-5-3-4-6-19(17)24-21(22)27/h3-10,15,18,25H,11-13H2,1-2H3,(H,23,26)(H,24,27)/p+1/t15-,18+,22-/m0/s1. The van der Waals surface area contributed by atoms with Crippen molar-refractivity contribution in [3.63, 3.8) is 0 Å². The number of nitrogens with one attached hydrogen (secondary N) is 2. The van der Waals surface area contributed by atoms with E-state index in [1.54, 1.807) is 18.9 Å². The molecule has 0 aromatic heterocycles. The minimum atomic E-state index is -0.907. The van der Waals surface area contributed by atoms with Crippen LogP contribution in [0.2, 0.25) is 0 Å². The Morgan fingerprint density at radius 2 is 2.03 bits per heavy atom. The minimum absolute atomic E-state index is 0.0970. The summed E-state index contributed by atoms with van der Waals surface area (Å²) in [5.41, 5.74) is 1.51. The molecule has 29 heavy (non-hydrogen) atoms. The summed E-state index contributed by atoms with van der Waals surface area (Å²) in [5.74, 6) is 1.08. The quantitative estimate of drug-likeness (QED) is 0.679. The molecule has 2 aromatic carbocycles. The van der Waals surface area contributed by atoms with Crippen LogP contribution in [0, 0.1) is 5.92 Å². The fraction of sp³-hybridized carbons (Fsp3) is 0.364. The van der Waals surface area contributed by atoms with E-state index in [-0.39, 0.29) is 17.9 Å². The number of benzene rings is 2. The number of hydrogen-bond acceptors (Lipinski definition) is 4. The minimum Gasteiger partial charge on any atom is -0.497 e. The topological polar surface area (TPSA) is 84.0 Å². The number of nitrogens with two attached hydrogens (primary N) is 1. The van der Waals surface area contributed by atoms with Gasteiger partial charge in [0.15, 0.2) is 0 Å². The Morgan fingerprint density at radius 1 is 1.28 bits per heavy atom. The third kappa shape index (κ3) is 3.49. The highest BCUT2D eigenvalue weighted by Gasteiger charge is 2.64. The Labute approximate surface area is 174 Å². The van der Waals surface area contributed by atoms with Gasteiger partial charge in [-0.1, -0.05) is 18.2 Å². The lowest BCUT2D eigenvalue weighted by molar-refractivity contribution is -0.732. The Kier molecular flexibility index (Phi) is 5.52. The lowest BCUT2D eigenvalue weighted by Crippen LogP contribution is -2.98. The Bertz CT molecular complexity index is 918. The van der Waals surface area contributed by atoms with E-state index < -0.39 is 11.5 Å². The molecule has 2 heterocycles. The van der Waals surface area contributed by atoms with Gasteiger partial charge in [-0.05, 0) is 42.3 Å². The van der Waals surface area contributed by atoms with Crippen molar-refractivity contribution in [3.05, 3.63) is 54.1 Å². The first-order valence-corrected chi connectivity index (χ1v) is 11.2. The van der Waals surface area contributed by atoms with E-state index in [9.17, 15) is 9.59 Å². The van der Waals surface area contributed by atoms with Crippen LogP contribution in [0.3, 0.4) is 0 Å². The average Bonchev–Trinajstić information content (AvgIpc) is 3.26. The maximum Gasteiger partial charge on any atom is 0.291 e. The van der Waals surface area contributed by atoms with Crippen molar-refractivity contribution >= 4 is 35.0 Å². The highest BCUT2D eigenvalue weighted by molar-refractivity contribution is 7.98. The fourth-order valence-electron chi connectivity index (χ4n) is 4.54. The van der Waals surface area contributed by atoms with E-state index in [2.05, 4.69) is 22.2 Å². The van der Waals surface area contributed by atoms with E-state index in [1.165, 1.54) is 0 Å². The Hall–Kier alpha value is -2.51. The van der Waals surface area contributed by atoms with Crippen LogP contribution < -0.4 is 20.7 Å². The molecule has 0 unspecified atom stereocenters. The molecule has 0 saturated carbocycles. The molecule has 4 N–H and O–H groups in total. The van der Waals surface area contributed by atoms with E-state index in [4.69, 9.17) is 4.74 Å². The molecule has 0 bridgehead atoms. The molecule has 2 aliphatic heterocycles. The number of thioether (sulfide) groups is 1. The molecule has 152 valence electrons. The van der Waals surface area contributed by atoms with Crippen LogP contribution in [0.4, 0.5) is 11.4 Å². The highest BCUT2D eigenvalue weighted by Crippen LogP contribution is 2.43. The first-order chi connectivity index (χ1) is 14.1. The predicted octanol–water partition coefficient (Wildman–Crippen LogP) is 2.19. The zero-order chi connectivity index (χ0) is 20.4. The van der Waals surface area contributed by atoms with E-state index in [0.717, 1.165) is 29.2 Å². The van der Waals surface area contributed by atoms with Gasteiger partial charge in [-0.3, -0.25) is 9.59 Å². The SMILES string of the molecule is COc1ccc(NC(=O)[C@H]2C[C@H](CCSC)[NH2+][C@]23C(=O)Nc2ccccc23)cc1. The molecular formula is C22H26N3O3S+. The molecule has 0 radical (unpaired) electrons. The molecule has 0 aliphatic carbocycles. The monoisotopic (exact) mass is 412 g/mol.